The van der Waals surface area contributed by atoms with E-state index < -0.39 is 0 Å². The largest absolute Gasteiger partial charge is 0.495 e. The zero-order valence-corrected chi connectivity index (χ0v) is 13.2. The van der Waals surface area contributed by atoms with Gasteiger partial charge in [-0.3, -0.25) is 9.59 Å². The van der Waals surface area contributed by atoms with Gasteiger partial charge < -0.3 is 15.4 Å². The Morgan fingerprint density at radius 1 is 1.04 bits per heavy atom. The Kier molecular flexibility index (Phi) is 5.74. The van der Waals surface area contributed by atoms with Gasteiger partial charge >= 0.3 is 0 Å². The van der Waals surface area contributed by atoms with Crippen molar-refractivity contribution in [3.05, 3.63) is 60.2 Å². The molecule has 0 saturated carbocycles. The molecule has 2 rings (SSSR count). The second-order valence-electron chi connectivity index (χ2n) is 5.19. The number of amides is 2. The molecule has 0 aliphatic carbocycles. The molecule has 0 fully saturated rings. The molecule has 1 atom stereocenters. The molecule has 5 heteroatoms. The molecule has 2 aromatic rings. The van der Waals surface area contributed by atoms with Crippen LogP contribution in [-0.2, 0) is 4.79 Å². The summed E-state index contributed by atoms with van der Waals surface area (Å²) in [5.41, 5.74) is 1.19. The zero-order valence-electron chi connectivity index (χ0n) is 13.2. The summed E-state index contributed by atoms with van der Waals surface area (Å²) in [7, 11) is 1.55. The number of anilines is 1. The van der Waals surface area contributed by atoms with Crippen molar-refractivity contribution in [1.29, 1.82) is 0 Å². The van der Waals surface area contributed by atoms with Crippen LogP contribution in [0.3, 0.4) is 0 Å². The highest BCUT2D eigenvalue weighted by Crippen LogP contribution is 2.23. The van der Waals surface area contributed by atoms with E-state index in [1.54, 1.807) is 50.4 Å². The summed E-state index contributed by atoms with van der Waals surface area (Å²) in [6.07, 6.45) is 0.177. The van der Waals surface area contributed by atoms with Gasteiger partial charge in [-0.1, -0.05) is 30.3 Å². The van der Waals surface area contributed by atoms with Crippen LogP contribution in [0.5, 0.6) is 5.75 Å². The number of nitrogens with one attached hydrogen (secondary N) is 2. The normalized spacial score (nSPS) is 11.4. The van der Waals surface area contributed by atoms with Crippen LogP contribution in [0.25, 0.3) is 0 Å². The van der Waals surface area contributed by atoms with Gasteiger partial charge in [0.15, 0.2) is 0 Å². The first-order chi connectivity index (χ1) is 11.1. The summed E-state index contributed by atoms with van der Waals surface area (Å²) in [4.78, 5) is 24.1. The van der Waals surface area contributed by atoms with Crippen molar-refractivity contribution in [2.45, 2.75) is 19.4 Å². The second kappa shape index (κ2) is 7.98. The van der Waals surface area contributed by atoms with Crippen molar-refractivity contribution in [1.82, 2.24) is 5.32 Å². The first-order valence-corrected chi connectivity index (χ1v) is 7.39. The highest BCUT2D eigenvalue weighted by molar-refractivity contribution is 5.96. The summed E-state index contributed by atoms with van der Waals surface area (Å²) < 4.78 is 5.19. The van der Waals surface area contributed by atoms with E-state index in [0.29, 0.717) is 17.0 Å². The molecule has 120 valence electrons. The third kappa shape index (κ3) is 4.85. The molecule has 1 unspecified atom stereocenters. The lowest BCUT2D eigenvalue weighted by Gasteiger charge is -2.15. The lowest BCUT2D eigenvalue weighted by Crippen LogP contribution is -2.35. The quantitative estimate of drug-likeness (QED) is 0.862. The van der Waals surface area contributed by atoms with Gasteiger partial charge in [-0.15, -0.1) is 0 Å². The summed E-state index contributed by atoms with van der Waals surface area (Å²) in [6, 6.07) is 15.8. The van der Waals surface area contributed by atoms with E-state index in [4.69, 9.17) is 4.74 Å². The molecule has 23 heavy (non-hydrogen) atoms. The number of methoxy groups -OCH3 is 1. The number of hydrogen-bond donors (Lipinski definition) is 2. The van der Waals surface area contributed by atoms with E-state index in [9.17, 15) is 9.59 Å². The minimum absolute atomic E-state index is 0.177. The van der Waals surface area contributed by atoms with Crippen molar-refractivity contribution in [3.63, 3.8) is 0 Å². The standard InChI is InChI=1S/C18H20N2O3/c1-13(19-18(22)14-8-4-3-5-9-14)12-17(21)20-15-10-6-7-11-16(15)23-2/h3-11,13H,12H2,1-2H3,(H,19,22)(H,20,21). The number of hydrogen-bond acceptors (Lipinski definition) is 3. The average Bonchev–Trinajstić information content (AvgIpc) is 2.55. The molecule has 0 saturated heterocycles. The Hall–Kier alpha value is -2.82. The topological polar surface area (TPSA) is 67.4 Å². The van der Waals surface area contributed by atoms with Gasteiger partial charge in [0.2, 0.25) is 5.91 Å². The molecular weight excluding hydrogens is 292 g/mol. The van der Waals surface area contributed by atoms with Gasteiger partial charge in [-0.25, -0.2) is 0 Å². The van der Waals surface area contributed by atoms with Crippen LogP contribution in [0.15, 0.2) is 54.6 Å². The molecular formula is C18H20N2O3. The maximum Gasteiger partial charge on any atom is 0.251 e. The van der Waals surface area contributed by atoms with Gasteiger partial charge in [-0.05, 0) is 31.2 Å². The van der Waals surface area contributed by atoms with Crippen LogP contribution in [0.2, 0.25) is 0 Å². The number of rotatable bonds is 6. The second-order valence-corrected chi connectivity index (χ2v) is 5.19. The fourth-order valence-corrected chi connectivity index (χ4v) is 2.17. The molecule has 2 amide bonds. The molecule has 0 aromatic heterocycles. The van der Waals surface area contributed by atoms with Crippen LogP contribution in [-0.4, -0.2) is 25.0 Å². The Balaban J connectivity index is 1.88. The molecule has 0 bridgehead atoms. The van der Waals surface area contributed by atoms with E-state index in [-0.39, 0.29) is 24.3 Å². The molecule has 2 aromatic carbocycles. The van der Waals surface area contributed by atoms with Crippen molar-refractivity contribution < 1.29 is 14.3 Å². The molecule has 0 heterocycles. The minimum Gasteiger partial charge on any atom is -0.495 e. The lowest BCUT2D eigenvalue weighted by atomic mass is 10.1. The summed E-state index contributed by atoms with van der Waals surface area (Å²) in [5, 5.41) is 5.60. The third-order valence-electron chi connectivity index (χ3n) is 3.29. The van der Waals surface area contributed by atoms with Crippen LogP contribution in [0, 0.1) is 0 Å². The zero-order chi connectivity index (χ0) is 16.7. The Bertz CT molecular complexity index is 671. The molecule has 0 aliphatic heterocycles. The molecule has 2 N–H and O–H groups in total. The highest BCUT2D eigenvalue weighted by Gasteiger charge is 2.14. The lowest BCUT2D eigenvalue weighted by molar-refractivity contribution is -0.116. The van der Waals surface area contributed by atoms with Gasteiger partial charge in [0.05, 0.1) is 12.8 Å². The maximum absolute atomic E-state index is 12.1. The maximum atomic E-state index is 12.1. The van der Waals surface area contributed by atoms with E-state index in [1.807, 2.05) is 18.2 Å². The van der Waals surface area contributed by atoms with Crippen molar-refractivity contribution in [2.75, 3.05) is 12.4 Å². The number of carbonyl (C=O) groups excluding carboxylic acids is 2. The Labute approximate surface area is 135 Å². The number of ether oxygens (including phenoxy) is 1. The van der Waals surface area contributed by atoms with Gasteiger partial charge in [0.25, 0.3) is 5.91 Å². The average molecular weight is 312 g/mol. The van der Waals surface area contributed by atoms with Crippen LogP contribution < -0.4 is 15.4 Å². The highest BCUT2D eigenvalue weighted by atomic mass is 16.5. The fraction of sp³-hybridized carbons (Fsp3) is 0.222. The van der Waals surface area contributed by atoms with Gasteiger partial charge in [0.1, 0.15) is 5.75 Å². The van der Waals surface area contributed by atoms with E-state index in [0.717, 1.165) is 0 Å². The first-order valence-electron chi connectivity index (χ1n) is 7.39. The Morgan fingerprint density at radius 2 is 1.70 bits per heavy atom. The minimum atomic E-state index is -0.280. The van der Waals surface area contributed by atoms with Crippen molar-refractivity contribution in [3.8, 4) is 5.75 Å². The molecule has 0 aliphatic rings. The predicted molar refractivity (Wildman–Crippen MR) is 89.6 cm³/mol. The number of carbonyl (C=O) groups is 2. The Morgan fingerprint density at radius 3 is 2.39 bits per heavy atom. The summed E-state index contributed by atoms with van der Waals surface area (Å²) in [6.45, 7) is 1.79. The van der Waals surface area contributed by atoms with Crippen LogP contribution in [0.1, 0.15) is 23.7 Å². The number of benzene rings is 2. The van der Waals surface area contributed by atoms with E-state index >= 15 is 0 Å². The third-order valence-corrected chi connectivity index (χ3v) is 3.29. The summed E-state index contributed by atoms with van der Waals surface area (Å²) in [5.74, 6) is 0.223. The van der Waals surface area contributed by atoms with Crippen molar-refractivity contribution in [2.24, 2.45) is 0 Å². The monoisotopic (exact) mass is 312 g/mol. The van der Waals surface area contributed by atoms with Crippen molar-refractivity contribution >= 4 is 17.5 Å². The molecule has 0 radical (unpaired) electrons. The van der Waals surface area contributed by atoms with Gasteiger partial charge in [-0.2, -0.15) is 0 Å². The van der Waals surface area contributed by atoms with Crippen LogP contribution >= 0.6 is 0 Å². The summed E-state index contributed by atoms with van der Waals surface area (Å²) >= 11 is 0. The molecule has 0 spiro atoms. The fourth-order valence-electron chi connectivity index (χ4n) is 2.17. The van der Waals surface area contributed by atoms with E-state index in [1.165, 1.54) is 0 Å². The first kappa shape index (κ1) is 16.5. The van der Waals surface area contributed by atoms with Crippen LogP contribution in [0.4, 0.5) is 5.69 Å². The van der Waals surface area contributed by atoms with E-state index in [2.05, 4.69) is 10.6 Å². The predicted octanol–water partition coefficient (Wildman–Crippen LogP) is 2.84. The smallest absolute Gasteiger partial charge is 0.251 e. The van der Waals surface area contributed by atoms with Gasteiger partial charge in [0, 0.05) is 18.0 Å². The SMILES string of the molecule is COc1ccccc1NC(=O)CC(C)NC(=O)c1ccccc1. The number of para-hydroxylation sites is 2. The molecule has 5 nitrogen and oxygen atoms in total.